The van der Waals surface area contributed by atoms with Gasteiger partial charge in [0.2, 0.25) is 5.91 Å². The molecule has 3 amide bonds. The van der Waals surface area contributed by atoms with Crippen LogP contribution < -0.4 is 16.0 Å². The predicted octanol–water partition coefficient (Wildman–Crippen LogP) is 1.74. The predicted molar refractivity (Wildman–Crippen MR) is 83.7 cm³/mol. The Kier molecular flexibility index (Phi) is 6.32. The van der Waals surface area contributed by atoms with Gasteiger partial charge in [-0.2, -0.15) is 0 Å². The van der Waals surface area contributed by atoms with Crippen LogP contribution in [0.25, 0.3) is 0 Å². The highest BCUT2D eigenvalue weighted by molar-refractivity contribution is 6.30. The highest BCUT2D eigenvalue weighted by Gasteiger charge is 2.30. The molecule has 3 N–H and O–H groups in total. The number of halogens is 2. The molecule has 1 saturated heterocycles. The van der Waals surface area contributed by atoms with Gasteiger partial charge in [-0.1, -0.05) is 17.7 Å². The van der Waals surface area contributed by atoms with Gasteiger partial charge in [0, 0.05) is 19.2 Å². The van der Waals surface area contributed by atoms with Crippen molar-refractivity contribution in [1.29, 1.82) is 0 Å². The Labute approximate surface area is 138 Å². The van der Waals surface area contributed by atoms with E-state index in [-0.39, 0.29) is 23.7 Å². The first-order chi connectivity index (χ1) is 11.0. The van der Waals surface area contributed by atoms with E-state index in [0.29, 0.717) is 25.1 Å². The first-order valence-corrected chi connectivity index (χ1v) is 7.76. The van der Waals surface area contributed by atoms with Crippen LogP contribution in [-0.4, -0.2) is 37.7 Å². The summed E-state index contributed by atoms with van der Waals surface area (Å²) in [4.78, 5) is 22.9. The number of nitrogens with one attached hydrogen (secondary N) is 3. The van der Waals surface area contributed by atoms with E-state index < -0.39 is 17.8 Å². The summed E-state index contributed by atoms with van der Waals surface area (Å²) in [6, 6.07) is 3.84. The van der Waals surface area contributed by atoms with Crippen LogP contribution in [0.1, 0.15) is 25.0 Å². The lowest BCUT2D eigenvalue weighted by Crippen LogP contribution is -2.45. The Morgan fingerprint density at radius 2 is 2.22 bits per heavy atom. The second-order valence-corrected chi connectivity index (χ2v) is 5.56. The second kappa shape index (κ2) is 8.24. The molecule has 1 aliphatic rings. The Morgan fingerprint density at radius 1 is 1.43 bits per heavy atom. The highest BCUT2D eigenvalue weighted by atomic mass is 35.5. The molecule has 6 nitrogen and oxygen atoms in total. The number of amides is 3. The van der Waals surface area contributed by atoms with Crippen molar-refractivity contribution in [3.63, 3.8) is 0 Å². The third-order valence-electron chi connectivity index (χ3n) is 3.48. The van der Waals surface area contributed by atoms with Gasteiger partial charge in [-0.05, 0) is 31.0 Å². The van der Waals surface area contributed by atoms with Crippen LogP contribution in [0.4, 0.5) is 9.18 Å². The summed E-state index contributed by atoms with van der Waals surface area (Å²) in [6.45, 7) is 2.67. The third-order valence-corrected chi connectivity index (χ3v) is 3.79. The molecule has 0 unspecified atom stereocenters. The van der Waals surface area contributed by atoms with Crippen molar-refractivity contribution in [2.75, 3.05) is 19.7 Å². The molecule has 2 atom stereocenters. The molecule has 1 aromatic rings. The number of urea groups is 1. The largest absolute Gasteiger partial charge is 0.372 e. The zero-order chi connectivity index (χ0) is 16.8. The molecule has 0 bridgehead atoms. The summed E-state index contributed by atoms with van der Waals surface area (Å²) in [5, 5.41) is 7.77. The van der Waals surface area contributed by atoms with Crippen LogP contribution in [0, 0.1) is 5.82 Å². The fraction of sp³-hybridized carbons (Fsp3) is 0.467. The minimum atomic E-state index is -0.529. The van der Waals surface area contributed by atoms with Crippen molar-refractivity contribution in [2.45, 2.75) is 25.5 Å². The molecule has 23 heavy (non-hydrogen) atoms. The van der Waals surface area contributed by atoms with E-state index in [9.17, 15) is 14.0 Å². The molecule has 1 aliphatic heterocycles. The van der Waals surface area contributed by atoms with E-state index in [1.54, 1.807) is 13.0 Å². The first kappa shape index (κ1) is 17.7. The average Bonchev–Trinajstić information content (AvgIpc) is 2.96. The molecule has 1 heterocycles. The molecule has 0 saturated carbocycles. The summed E-state index contributed by atoms with van der Waals surface area (Å²) in [6.07, 6.45) is 0.322. The van der Waals surface area contributed by atoms with E-state index in [2.05, 4.69) is 16.0 Å². The Bertz CT molecular complexity index is 585. The monoisotopic (exact) mass is 343 g/mol. The Morgan fingerprint density at radius 3 is 2.91 bits per heavy atom. The maximum atomic E-state index is 13.6. The number of carbonyl (C=O) groups excluding carboxylic acids is 2. The van der Waals surface area contributed by atoms with Crippen molar-refractivity contribution in [3.8, 4) is 0 Å². The minimum absolute atomic E-state index is 0.0300. The lowest BCUT2D eigenvalue weighted by atomic mass is 10.0. The van der Waals surface area contributed by atoms with Crippen LogP contribution in [0.15, 0.2) is 18.2 Å². The molecule has 2 rings (SSSR count). The lowest BCUT2D eigenvalue weighted by molar-refractivity contribution is -0.119. The van der Waals surface area contributed by atoms with Gasteiger partial charge in [-0.3, -0.25) is 10.1 Å². The van der Waals surface area contributed by atoms with Gasteiger partial charge in [-0.15, -0.1) is 0 Å². The van der Waals surface area contributed by atoms with Crippen molar-refractivity contribution >= 4 is 23.5 Å². The molecule has 0 spiro atoms. The average molecular weight is 344 g/mol. The van der Waals surface area contributed by atoms with Crippen molar-refractivity contribution < 1.29 is 18.7 Å². The third kappa shape index (κ3) is 4.89. The van der Waals surface area contributed by atoms with Gasteiger partial charge < -0.3 is 15.4 Å². The molecule has 8 heteroatoms. The van der Waals surface area contributed by atoms with Gasteiger partial charge in [-0.25, -0.2) is 9.18 Å². The molecule has 0 radical (unpaired) electrons. The molecule has 0 aromatic heterocycles. The standard InChI is InChI=1S/C15H19ClFN3O3/c1-2-18-15(22)20-13(21)8-19-12-5-6-23-14(12)9-3-4-10(16)11(17)7-9/h3-4,7,12,14,19H,2,5-6,8H2,1H3,(H2,18,20,21,22)/t12-,14+/m0/s1. The fourth-order valence-electron chi connectivity index (χ4n) is 2.42. The van der Waals surface area contributed by atoms with Gasteiger partial charge in [0.25, 0.3) is 0 Å². The van der Waals surface area contributed by atoms with Gasteiger partial charge in [0.05, 0.1) is 17.7 Å². The van der Waals surface area contributed by atoms with E-state index in [1.165, 1.54) is 12.1 Å². The van der Waals surface area contributed by atoms with Crippen LogP contribution in [-0.2, 0) is 9.53 Å². The Balaban J connectivity index is 1.90. The molecule has 1 aromatic carbocycles. The van der Waals surface area contributed by atoms with Gasteiger partial charge in [0.15, 0.2) is 0 Å². The summed E-state index contributed by atoms with van der Waals surface area (Å²) in [7, 11) is 0. The van der Waals surface area contributed by atoms with E-state index >= 15 is 0 Å². The van der Waals surface area contributed by atoms with Gasteiger partial charge in [0.1, 0.15) is 5.82 Å². The second-order valence-electron chi connectivity index (χ2n) is 5.15. The Hall–Kier alpha value is -1.70. The van der Waals surface area contributed by atoms with Crippen LogP contribution >= 0.6 is 11.6 Å². The zero-order valence-corrected chi connectivity index (χ0v) is 13.5. The van der Waals surface area contributed by atoms with E-state index in [1.807, 2.05) is 0 Å². The maximum absolute atomic E-state index is 13.6. The highest BCUT2D eigenvalue weighted by Crippen LogP contribution is 2.30. The van der Waals surface area contributed by atoms with Crippen LogP contribution in [0.2, 0.25) is 5.02 Å². The number of imide groups is 1. The van der Waals surface area contributed by atoms with Crippen molar-refractivity contribution in [1.82, 2.24) is 16.0 Å². The topological polar surface area (TPSA) is 79.5 Å². The van der Waals surface area contributed by atoms with Crippen molar-refractivity contribution in [3.05, 3.63) is 34.6 Å². The number of hydrogen-bond acceptors (Lipinski definition) is 4. The summed E-state index contributed by atoms with van der Waals surface area (Å²) < 4.78 is 19.2. The molecule has 1 fully saturated rings. The zero-order valence-electron chi connectivity index (χ0n) is 12.7. The van der Waals surface area contributed by atoms with Crippen molar-refractivity contribution in [2.24, 2.45) is 0 Å². The first-order valence-electron chi connectivity index (χ1n) is 7.39. The molecule has 126 valence electrons. The quantitative estimate of drug-likeness (QED) is 0.761. The number of benzene rings is 1. The number of hydrogen-bond donors (Lipinski definition) is 3. The summed E-state index contributed by atoms with van der Waals surface area (Å²) in [5.74, 6) is -0.948. The number of rotatable bonds is 5. The van der Waals surface area contributed by atoms with Crippen LogP contribution in [0.3, 0.4) is 0 Å². The smallest absolute Gasteiger partial charge is 0.321 e. The number of carbonyl (C=O) groups is 2. The van der Waals surface area contributed by atoms with E-state index in [0.717, 1.165) is 0 Å². The van der Waals surface area contributed by atoms with Gasteiger partial charge >= 0.3 is 6.03 Å². The van der Waals surface area contributed by atoms with Crippen LogP contribution in [0.5, 0.6) is 0 Å². The SMILES string of the molecule is CCNC(=O)NC(=O)CN[C@H]1CCO[C@@H]1c1ccc(Cl)c(F)c1. The lowest BCUT2D eigenvalue weighted by Gasteiger charge is -2.20. The summed E-state index contributed by atoms with van der Waals surface area (Å²) >= 11 is 5.68. The summed E-state index contributed by atoms with van der Waals surface area (Å²) in [5.41, 5.74) is 0.658. The number of ether oxygens (including phenoxy) is 1. The normalized spacial score (nSPS) is 20.3. The minimum Gasteiger partial charge on any atom is -0.372 e. The van der Waals surface area contributed by atoms with E-state index in [4.69, 9.17) is 16.3 Å². The molecular weight excluding hydrogens is 325 g/mol. The fourth-order valence-corrected chi connectivity index (χ4v) is 2.53. The molecule has 0 aliphatic carbocycles. The molecular formula is C15H19ClFN3O3. The maximum Gasteiger partial charge on any atom is 0.321 e.